The van der Waals surface area contributed by atoms with E-state index in [1.54, 1.807) is 25.3 Å². The molecule has 1 aliphatic heterocycles. The first kappa shape index (κ1) is 20.6. The van der Waals surface area contributed by atoms with Crippen molar-refractivity contribution in [2.75, 3.05) is 12.0 Å². The number of Topliss-reactive ketones (excluding diaryl/α,β-unsaturated/α-hetero) is 1. The van der Waals surface area contributed by atoms with E-state index in [4.69, 9.17) is 9.15 Å². The Bertz CT molecular complexity index is 1580. The number of ketones is 1. The molecule has 0 radical (unpaired) electrons. The molecule has 7 nitrogen and oxygen atoms in total. The third-order valence-corrected chi connectivity index (χ3v) is 7.65. The van der Waals surface area contributed by atoms with Gasteiger partial charge in [0.15, 0.2) is 16.7 Å². The van der Waals surface area contributed by atoms with E-state index in [9.17, 15) is 14.7 Å². The van der Waals surface area contributed by atoms with Gasteiger partial charge in [0.1, 0.15) is 17.4 Å². The van der Waals surface area contributed by atoms with E-state index in [1.165, 1.54) is 27.6 Å². The van der Waals surface area contributed by atoms with Crippen molar-refractivity contribution in [2.45, 2.75) is 6.04 Å². The van der Waals surface area contributed by atoms with Gasteiger partial charge in [-0.25, -0.2) is 4.98 Å². The van der Waals surface area contributed by atoms with Gasteiger partial charge in [0.2, 0.25) is 5.78 Å². The number of aliphatic hydroxyl groups excluding tert-OH is 1. The number of carbonyl (C=O) groups is 2. The molecule has 5 aromatic rings. The van der Waals surface area contributed by atoms with Crippen molar-refractivity contribution in [3.05, 3.63) is 88.0 Å². The molecule has 2 aromatic carbocycles. The van der Waals surface area contributed by atoms with Gasteiger partial charge in [-0.15, -0.1) is 11.3 Å². The van der Waals surface area contributed by atoms with Crippen molar-refractivity contribution in [3.8, 4) is 5.75 Å². The average Bonchev–Trinajstić information content (AvgIpc) is 3.63. The molecule has 4 heterocycles. The van der Waals surface area contributed by atoms with Crippen LogP contribution in [0, 0.1) is 0 Å². The summed E-state index contributed by atoms with van der Waals surface area (Å²) in [7, 11) is 1.58. The maximum Gasteiger partial charge on any atom is 0.296 e. The highest BCUT2D eigenvalue weighted by Crippen LogP contribution is 2.45. The number of fused-ring (bicyclic) bond motifs is 2. The summed E-state index contributed by atoms with van der Waals surface area (Å²) in [5, 5.41) is 13.9. The first-order valence-electron chi connectivity index (χ1n) is 10.3. The van der Waals surface area contributed by atoms with Crippen molar-refractivity contribution in [1.29, 1.82) is 0 Å². The standard InChI is InChI=1S/C25H16N2O5S2/c1-31-14-8-9-15-19(12-14)34-25(26-15)27-21(18-7-4-10-33-18)20(23(29)24(27)30)22(28)17-11-13-5-2-3-6-16(13)32-17/h2-12,21,29H,1H3. The van der Waals surface area contributed by atoms with Crippen LogP contribution in [0.5, 0.6) is 5.75 Å². The van der Waals surface area contributed by atoms with Crippen molar-refractivity contribution in [2.24, 2.45) is 0 Å². The van der Waals surface area contributed by atoms with Crippen LogP contribution < -0.4 is 9.64 Å². The molecule has 9 heteroatoms. The van der Waals surface area contributed by atoms with Gasteiger partial charge < -0.3 is 14.3 Å². The quantitative estimate of drug-likeness (QED) is 0.310. The summed E-state index contributed by atoms with van der Waals surface area (Å²) >= 11 is 2.68. The molecule has 0 saturated heterocycles. The number of ether oxygens (including phenoxy) is 1. The summed E-state index contributed by atoms with van der Waals surface area (Å²) in [5.41, 5.74) is 1.22. The number of thiophene rings is 1. The summed E-state index contributed by atoms with van der Waals surface area (Å²) in [6, 6.07) is 17.2. The van der Waals surface area contributed by atoms with E-state index in [1.807, 2.05) is 47.8 Å². The largest absolute Gasteiger partial charge is 0.503 e. The van der Waals surface area contributed by atoms with Crippen molar-refractivity contribution >= 4 is 60.7 Å². The van der Waals surface area contributed by atoms with Crippen molar-refractivity contribution in [3.63, 3.8) is 0 Å². The molecule has 168 valence electrons. The third-order valence-electron chi connectivity index (χ3n) is 5.71. The summed E-state index contributed by atoms with van der Waals surface area (Å²) in [6.45, 7) is 0. The molecule has 34 heavy (non-hydrogen) atoms. The average molecular weight is 489 g/mol. The first-order valence-corrected chi connectivity index (χ1v) is 12.0. The zero-order valence-corrected chi connectivity index (χ0v) is 19.4. The fraction of sp³-hybridized carbons (Fsp3) is 0.0800. The van der Waals surface area contributed by atoms with Crippen LogP contribution in [-0.4, -0.2) is 28.9 Å². The summed E-state index contributed by atoms with van der Waals surface area (Å²) < 4.78 is 11.9. The normalized spacial score (nSPS) is 16.2. The molecule has 1 aliphatic rings. The number of carbonyl (C=O) groups excluding carboxylic acids is 2. The Kier molecular flexibility index (Phi) is 4.75. The monoisotopic (exact) mass is 488 g/mol. The lowest BCUT2D eigenvalue weighted by atomic mass is 10.0. The number of aliphatic hydroxyl groups is 1. The molecule has 1 unspecified atom stereocenters. The van der Waals surface area contributed by atoms with Crippen LogP contribution in [0.1, 0.15) is 21.5 Å². The van der Waals surface area contributed by atoms with Gasteiger partial charge in [-0.05, 0) is 41.8 Å². The number of benzene rings is 2. The highest BCUT2D eigenvalue weighted by molar-refractivity contribution is 7.22. The number of amides is 1. The SMILES string of the molecule is COc1ccc2nc(N3C(=O)C(O)=C(C(=O)c4cc5ccccc5o4)C3c3cccs3)sc2c1. The maximum absolute atomic E-state index is 13.6. The van der Waals surface area contributed by atoms with Gasteiger partial charge in [0.05, 0.1) is 22.9 Å². The third kappa shape index (κ3) is 3.12. The fourth-order valence-corrected chi connectivity index (χ4v) is 5.94. The van der Waals surface area contributed by atoms with Crippen LogP contribution in [-0.2, 0) is 4.79 Å². The van der Waals surface area contributed by atoms with Crippen LogP contribution in [0.4, 0.5) is 5.13 Å². The number of hydrogen-bond donors (Lipinski definition) is 1. The van der Waals surface area contributed by atoms with Gasteiger partial charge in [0.25, 0.3) is 5.91 Å². The number of anilines is 1. The first-order chi connectivity index (χ1) is 16.5. The zero-order chi connectivity index (χ0) is 23.4. The van der Waals surface area contributed by atoms with Crippen LogP contribution in [0.3, 0.4) is 0 Å². The minimum absolute atomic E-state index is 0.0247. The summed E-state index contributed by atoms with van der Waals surface area (Å²) in [4.78, 5) is 33.6. The van der Waals surface area contributed by atoms with Crippen LogP contribution in [0.25, 0.3) is 21.2 Å². The minimum Gasteiger partial charge on any atom is -0.503 e. The Labute approximate surface area is 201 Å². The molecule has 1 atom stereocenters. The zero-order valence-electron chi connectivity index (χ0n) is 17.7. The second kappa shape index (κ2) is 7.82. The molecule has 0 bridgehead atoms. The Morgan fingerprint density at radius 3 is 2.76 bits per heavy atom. The minimum atomic E-state index is -0.823. The van der Waals surface area contributed by atoms with Gasteiger partial charge in [-0.2, -0.15) is 0 Å². The van der Waals surface area contributed by atoms with Gasteiger partial charge in [0, 0.05) is 10.3 Å². The number of methoxy groups -OCH3 is 1. The Hall–Kier alpha value is -3.95. The highest BCUT2D eigenvalue weighted by Gasteiger charge is 2.47. The van der Waals surface area contributed by atoms with Crippen LogP contribution in [0.2, 0.25) is 0 Å². The Morgan fingerprint density at radius 1 is 1.15 bits per heavy atom. The number of furan rings is 1. The Balaban J connectivity index is 1.48. The van der Waals surface area contributed by atoms with E-state index >= 15 is 0 Å². The lowest BCUT2D eigenvalue weighted by Gasteiger charge is -2.22. The van der Waals surface area contributed by atoms with Gasteiger partial charge >= 0.3 is 0 Å². The van der Waals surface area contributed by atoms with E-state index in [-0.39, 0.29) is 11.3 Å². The lowest BCUT2D eigenvalue weighted by Crippen LogP contribution is -2.30. The second-order valence-corrected chi connectivity index (χ2v) is 9.65. The number of thiazole rings is 1. The predicted octanol–water partition coefficient (Wildman–Crippen LogP) is 5.90. The van der Waals surface area contributed by atoms with Gasteiger partial charge in [-0.1, -0.05) is 35.6 Å². The molecular formula is C25H16N2O5S2. The smallest absolute Gasteiger partial charge is 0.296 e. The second-order valence-electron chi connectivity index (χ2n) is 7.66. The van der Waals surface area contributed by atoms with Crippen molar-refractivity contribution < 1.29 is 23.8 Å². The number of nitrogens with zero attached hydrogens (tertiary/aromatic N) is 2. The molecule has 0 spiro atoms. The molecule has 6 rings (SSSR count). The molecule has 3 aromatic heterocycles. The van der Waals surface area contributed by atoms with E-state index in [0.29, 0.717) is 22.0 Å². The molecule has 1 N–H and O–H groups in total. The molecule has 1 amide bonds. The van der Waals surface area contributed by atoms with Gasteiger partial charge in [-0.3, -0.25) is 14.5 Å². The highest BCUT2D eigenvalue weighted by atomic mass is 32.1. The van der Waals surface area contributed by atoms with Crippen molar-refractivity contribution in [1.82, 2.24) is 4.98 Å². The number of hydrogen-bond acceptors (Lipinski definition) is 8. The number of rotatable bonds is 5. The molecular weight excluding hydrogens is 472 g/mol. The molecule has 0 aliphatic carbocycles. The van der Waals surface area contributed by atoms with Crippen LogP contribution >= 0.6 is 22.7 Å². The van der Waals surface area contributed by atoms with E-state index in [2.05, 4.69) is 4.98 Å². The van der Waals surface area contributed by atoms with Crippen LogP contribution in [0.15, 0.2) is 81.8 Å². The number of aromatic nitrogens is 1. The topological polar surface area (TPSA) is 92.9 Å². The number of para-hydroxylation sites is 1. The Morgan fingerprint density at radius 2 is 2.00 bits per heavy atom. The summed E-state index contributed by atoms with van der Waals surface area (Å²) in [6.07, 6.45) is 0. The van der Waals surface area contributed by atoms with E-state index in [0.717, 1.165) is 15.0 Å². The van der Waals surface area contributed by atoms with E-state index < -0.39 is 23.5 Å². The summed E-state index contributed by atoms with van der Waals surface area (Å²) in [5.74, 6) is -1.07. The molecule has 0 saturated carbocycles. The maximum atomic E-state index is 13.6. The lowest BCUT2D eigenvalue weighted by molar-refractivity contribution is -0.117. The predicted molar refractivity (Wildman–Crippen MR) is 131 cm³/mol. The fourth-order valence-electron chi connectivity index (χ4n) is 4.10. The molecule has 0 fully saturated rings.